The van der Waals surface area contributed by atoms with Gasteiger partial charge in [-0.1, -0.05) is 20.8 Å². The molecule has 1 N–H and O–H groups in total. The summed E-state index contributed by atoms with van der Waals surface area (Å²) in [6.45, 7) is 6.31. The molecule has 1 aliphatic heterocycles. The molecule has 1 rings (SSSR count). The van der Waals surface area contributed by atoms with Gasteiger partial charge in [-0.25, -0.2) is 12.7 Å². The number of aliphatic carboxylic acids is 1. The SMILES string of the molecule is CC(C)(C)CS(=O)(=O)N1CCC(C(=O)O)CC1. The summed E-state index contributed by atoms with van der Waals surface area (Å²) >= 11 is 0. The van der Waals surface area contributed by atoms with Gasteiger partial charge in [-0.05, 0) is 18.3 Å². The van der Waals surface area contributed by atoms with Gasteiger partial charge in [-0.3, -0.25) is 4.79 Å². The van der Waals surface area contributed by atoms with Crippen LogP contribution < -0.4 is 0 Å². The molecule has 1 heterocycles. The molecule has 0 atom stereocenters. The Morgan fingerprint density at radius 3 is 2.12 bits per heavy atom. The van der Waals surface area contributed by atoms with Crippen LogP contribution in [0.5, 0.6) is 0 Å². The van der Waals surface area contributed by atoms with E-state index < -0.39 is 21.9 Å². The van der Waals surface area contributed by atoms with Gasteiger partial charge < -0.3 is 5.11 Å². The van der Waals surface area contributed by atoms with Crippen LogP contribution >= 0.6 is 0 Å². The fourth-order valence-corrected chi connectivity index (χ4v) is 4.06. The monoisotopic (exact) mass is 263 g/mol. The van der Waals surface area contributed by atoms with Crippen LogP contribution in [0.2, 0.25) is 0 Å². The average molecular weight is 263 g/mol. The maximum Gasteiger partial charge on any atom is 0.306 e. The van der Waals surface area contributed by atoms with Crippen molar-refractivity contribution in [1.82, 2.24) is 4.31 Å². The molecule has 0 amide bonds. The Morgan fingerprint density at radius 2 is 1.76 bits per heavy atom. The second-order valence-electron chi connectivity index (χ2n) is 5.83. The van der Waals surface area contributed by atoms with E-state index in [0.29, 0.717) is 25.9 Å². The maximum atomic E-state index is 12.1. The molecule has 1 saturated heterocycles. The van der Waals surface area contributed by atoms with Crippen molar-refractivity contribution in [2.75, 3.05) is 18.8 Å². The van der Waals surface area contributed by atoms with Crippen LogP contribution in [0, 0.1) is 11.3 Å². The molecule has 0 saturated carbocycles. The van der Waals surface area contributed by atoms with Crippen LogP contribution in [0.15, 0.2) is 0 Å². The normalized spacial score (nSPS) is 20.4. The maximum absolute atomic E-state index is 12.1. The van der Waals surface area contributed by atoms with Crippen LogP contribution in [0.1, 0.15) is 33.6 Å². The Kier molecular flexibility index (Phi) is 4.19. The molecule has 6 heteroatoms. The van der Waals surface area contributed by atoms with E-state index in [1.807, 2.05) is 20.8 Å². The topological polar surface area (TPSA) is 74.7 Å². The number of carboxylic acids is 1. The van der Waals surface area contributed by atoms with E-state index in [1.54, 1.807) is 0 Å². The highest BCUT2D eigenvalue weighted by Crippen LogP contribution is 2.24. The average Bonchev–Trinajstić information content (AvgIpc) is 2.14. The molecule has 0 bridgehead atoms. The molecule has 0 spiro atoms. The van der Waals surface area contributed by atoms with Gasteiger partial charge in [0.05, 0.1) is 11.7 Å². The highest BCUT2D eigenvalue weighted by atomic mass is 32.2. The van der Waals surface area contributed by atoms with E-state index >= 15 is 0 Å². The zero-order valence-electron chi connectivity index (χ0n) is 10.6. The quantitative estimate of drug-likeness (QED) is 0.829. The van der Waals surface area contributed by atoms with Crippen LogP contribution in [0.25, 0.3) is 0 Å². The Labute approximate surface area is 103 Å². The van der Waals surface area contributed by atoms with E-state index in [1.165, 1.54) is 4.31 Å². The van der Waals surface area contributed by atoms with Crippen molar-refractivity contribution in [3.05, 3.63) is 0 Å². The fraction of sp³-hybridized carbons (Fsp3) is 0.909. The first-order chi connectivity index (χ1) is 7.62. The zero-order chi connectivity index (χ0) is 13.3. The smallest absolute Gasteiger partial charge is 0.306 e. The molecular formula is C11H21NO4S. The van der Waals surface area contributed by atoms with Crippen molar-refractivity contribution in [2.24, 2.45) is 11.3 Å². The number of hydrogen-bond acceptors (Lipinski definition) is 3. The second-order valence-corrected chi connectivity index (χ2v) is 7.80. The van der Waals surface area contributed by atoms with Gasteiger partial charge in [-0.15, -0.1) is 0 Å². The molecule has 0 aliphatic carbocycles. The first kappa shape index (κ1) is 14.4. The number of nitrogens with zero attached hydrogens (tertiary/aromatic N) is 1. The van der Waals surface area contributed by atoms with Crippen LogP contribution in [0.4, 0.5) is 0 Å². The van der Waals surface area contributed by atoms with Gasteiger partial charge in [0.1, 0.15) is 0 Å². The van der Waals surface area contributed by atoms with Crippen molar-refractivity contribution in [2.45, 2.75) is 33.6 Å². The van der Waals surface area contributed by atoms with Crippen molar-refractivity contribution < 1.29 is 18.3 Å². The van der Waals surface area contributed by atoms with E-state index in [2.05, 4.69) is 0 Å². The van der Waals surface area contributed by atoms with E-state index in [-0.39, 0.29) is 11.2 Å². The number of sulfonamides is 1. The van der Waals surface area contributed by atoms with Gasteiger partial charge in [0.25, 0.3) is 0 Å². The predicted octanol–water partition coefficient (Wildman–Crippen LogP) is 1.16. The minimum absolute atomic E-state index is 0.109. The number of piperidine rings is 1. The molecule has 5 nitrogen and oxygen atoms in total. The molecule has 0 aromatic heterocycles. The zero-order valence-corrected chi connectivity index (χ0v) is 11.5. The second kappa shape index (κ2) is 4.94. The standard InChI is InChI=1S/C11H21NO4S/c1-11(2,3)8-17(15,16)12-6-4-9(5-7-12)10(13)14/h9H,4-8H2,1-3H3,(H,13,14). The molecule has 1 aliphatic rings. The van der Waals surface area contributed by atoms with Crippen molar-refractivity contribution in [1.29, 1.82) is 0 Å². The van der Waals surface area contributed by atoms with Crippen LogP contribution in [-0.4, -0.2) is 42.6 Å². The lowest BCUT2D eigenvalue weighted by atomic mass is 9.99. The Balaban J connectivity index is 2.62. The summed E-state index contributed by atoms with van der Waals surface area (Å²) < 4.78 is 25.5. The number of hydrogen-bond donors (Lipinski definition) is 1. The Morgan fingerprint density at radius 1 is 1.29 bits per heavy atom. The molecule has 0 radical (unpaired) electrons. The molecule has 17 heavy (non-hydrogen) atoms. The van der Waals surface area contributed by atoms with Gasteiger partial charge in [0.15, 0.2) is 0 Å². The van der Waals surface area contributed by atoms with Gasteiger partial charge >= 0.3 is 5.97 Å². The lowest BCUT2D eigenvalue weighted by molar-refractivity contribution is -0.142. The first-order valence-corrected chi connectivity index (χ1v) is 7.43. The minimum atomic E-state index is -3.25. The van der Waals surface area contributed by atoms with Crippen molar-refractivity contribution in [3.8, 4) is 0 Å². The minimum Gasteiger partial charge on any atom is -0.481 e. The van der Waals surface area contributed by atoms with E-state index in [0.717, 1.165) is 0 Å². The van der Waals surface area contributed by atoms with E-state index in [4.69, 9.17) is 5.11 Å². The Bertz CT molecular complexity index is 375. The van der Waals surface area contributed by atoms with Gasteiger partial charge in [0.2, 0.25) is 10.0 Å². The third-order valence-electron chi connectivity index (χ3n) is 2.81. The number of carboxylic acid groups (broad SMARTS) is 1. The fourth-order valence-electron chi connectivity index (χ4n) is 2.02. The molecule has 1 fully saturated rings. The number of rotatable bonds is 3. The largest absolute Gasteiger partial charge is 0.481 e. The predicted molar refractivity (Wildman–Crippen MR) is 65.2 cm³/mol. The van der Waals surface area contributed by atoms with Gasteiger partial charge in [-0.2, -0.15) is 0 Å². The first-order valence-electron chi connectivity index (χ1n) is 5.82. The summed E-state index contributed by atoms with van der Waals surface area (Å²) in [5.41, 5.74) is -0.275. The summed E-state index contributed by atoms with van der Waals surface area (Å²) in [5, 5.41) is 8.85. The van der Waals surface area contributed by atoms with Crippen molar-refractivity contribution >= 4 is 16.0 Å². The summed E-state index contributed by atoms with van der Waals surface area (Å²) in [4.78, 5) is 10.8. The highest BCUT2D eigenvalue weighted by molar-refractivity contribution is 7.89. The molecular weight excluding hydrogens is 242 g/mol. The molecule has 100 valence electrons. The van der Waals surface area contributed by atoms with E-state index in [9.17, 15) is 13.2 Å². The number of carbonyl (C=O) groups is 1. The molecule has 0 aromatic rings. The lowest BCUT2D eigenvalue weighted by Crippen LogP contribution is -2.43. The summed E-state index contributed by atoms with van der Waals surface area (Å²) in [6.07, 6.45) is 0.831. The highest BCUT2D eigenvalue weighted by Gasteiger charge is 2.33. The molecule has 0 aromatic carbocycles. The lowest BCUT2D eigenvalue weighted by Gasteiger charge is -2.31. The summed E-state index contributed by atoms with van der Waals surface area (Å²) in [7, 11) is -3.25. The van der Waals surface area contributed by atoms with Crippen LogP contribution in [-0.2, 0) is 14.8 Å². The summed E-state index contributed by atoms with van der Waals surface area (Å²) in [5.74, 6) is -1.11. The third kappa shape index (κ3) is 4.27. The Hall–Kier alpha value is -0.620. The molecule has 0 unspecified atom stereocenters. The van der Waals surface area contributed by atoms with Gasteiger partial charge in [0, 0.05) is 13.1 Å². The third-order valence-corrected chi connectivity index (χ3v) is 5.19. The summed E-state index contributed by atoms with van der Waals surface area (Å²) in [6, 6.07) is 0. The van der Waals surface area contributed by atoms with Crippen molar-refractivity contribution in [3.63, 3.8) is 0 Å². The van der Waals surface area contributed by atoms with Crippen LogP contribution in [0.3, 0.4) is 0 Å².